The maximum atomic E-state index is 14.1. The molecule has 0 radical (unpaired) electrons. The number of halogens is 4. The predicted molar refractivity (Wildman–Crippen MR) is 111 cm³/mol. The van der Waals surface area contributed by atoms with E-state index in [9.17, 15) is 22.4 Å². The van der Waals surface area contributed by atoms with Crippen molar-refractivity contribution in [3.8, 4) is 11.5 Å². The van der Waals surface area contributed by atoms with Gasteiger partial charge in [0.05, 0.1) is 5.92 Å². The zero-order valence-electron chi connectivity index (χ0n) is 18.5. The molecule has 3 aliphatic rings. The molecule has 4 atom stereocenters. The van der Waals surface area contributed by atoms with Gasteiger partial charge in [-0.15, -0.1) is 0 Å². The lowest BCUT2D eigenvalue weighted by atomic mass is 9.61. The summed E-state index contributed by atoms with van der Waals surface area (Å²) in [6, 6.07) is 1.79. The first-order chi connectivity index (χ1) is 15.3. The molecule has 3 saturated carbocycles. The average molecular weight is 457 g/mol. The number of carbonyl (C=O) groups excluding carboxylic acids is 1. The first-order valence-corrected chi connectivity index (χ1v) is 12.0. The van der Waals surface area contributed by atoms with E-state index in [1.165, 1.54) is 38.5 Å². The SMILES string of the molecule is CC1CCC2CC(C3CCC(C(=O)Oc4ccc(OC(F)F)c(F)c4F)CC3)CCC2C1. The predicted octanol–water partition coefficient (Wildman–Crippen LogP) is 7.13. The quantitative estimate of drug-likeness (QED) is 0.269. The number of rotatable bonds is 5. The van der Waals surface area contributed by atoms with Crippen molar-refractivity contribution in [1.82, 2.24) is 0 Å². The molecule has 0 amide bonds. The van der Waals surface area contributed by atoms with Crippen LogP contribution in [0, 0.1) is 47.1 Å². The van der Waals surface area contributed by atoms with Crippen LogP contribution in [-0.2, 0) is 4.79 Å². The molecular weight excluding hydrogens is 424 g/mol. The van der Waals surface area contributed by atoms with Crippen LogP contribution in [0.4, 0.5) is 17.6 Å². The number of hydrogen-bond acceptors (Lipinski definition) is 3. The Bertz CT molecular complexity index is 807. The van der Waals surface area contributed by atoms with Crippen LogP contribution in [0.15, 0.2) is 12.1 Å². The molecule has 0 bridgehead atoms. The molecule has 4 rings (SSSR count). The number of hydrogen-bond donors (Lipinski definition) is 0. The topological polar surface area (TPSA) is 35.5 Å². The number of ether oxygens (including phenoxy) is 2. The number of fused-ring (bicyclic) bond motifs is 1. The molecule has 0 aromatic heterocycles. The highest BCUT2D eigenvalue weighted by Crippen LogP contribution is 2.49. The second-order valence-corrected chi connectivity index (χ2v) is 10.1. The Morgan fingerprint density at radius 1 is 0.812 bits per heavy atom. The van der Waals surface area contributed by atoms with Crippen molar-refractivity contribution in [1.29, 1.82) is 0 Å². The Balaban J connectivity index is 1.28. The number of benzene rings is 1. The van der Waals surface area contributed by atoms with Gasteiger partial charge in [0, 0.05) is 0 Å². The van der Waals surface area contributed by atoms with Gasteiger partial charge in [0.1, 0.15) is 0 Å². The molecule has 1 aromatic rings. The Morgan fingerprint density at radius 2 is 1.34 bits per heavy atom. The van der Waals surface area contributed by atoms with Crippen LogP contribution in [0.2, 0.25) is 0 Å². The van der Waals surface area contributed by atoms with Gasteiger partial charge in [-0.25, -0.2) is 0 Å². The van der Waals surface area contributed by atoms with Crippen molar-refractivity contribution in [2.45, 2.75) is 77.7 Å². The van der Waals surface area contributed by atoms with Gasteiger partial charge in [0.25, 0.3) is 0 Å². The summed E-state index contributed by atoms with van der Waals surface area (Å²) in [5, 5.41) is 0. The second kappa shape index (κ2) is 10.0. The van der Waals surface area contributed by atoms with Crippen molar-refractivity contribution in [3.63, 3.8) is 0 Å². The summed E-state index contributed by atoms with van der Waals surface area (Å²) in [4.78, 5) is 12.5. The minimum Gasteiger partial charge on any atom is -0.432 e. The first-order valence-electron chi connectivity index (χ1n) is 12.0. The molecule has 3 nitrogen and oxygen atoms in total. The molecule has 3 fully saturated rings. The van der Waals surface area contributed by atoms with Crippen LogP contribution < -0.4 is 9.47 Å². The van der Waals surface area contributed by atoms with Crippen LogP contribution in [-0.4, -0.2) is 12.6 Å². The van der Waals surface area contributed by atoms with Crippen molar-refractivity contribution >= 4 is 5.97 Å². The van der Waals surface area contributed by atoms with E-state index in [-0.39, 0.29) is 5.92 Å². The lowest BCUT2D eigenvalue weighted by molar-refractivity contribution is -0.140. The van der Waals surface area contributed by atoms with E-state index in [0.29, 0.717) is 18.8 Å². The standard InChI is InChI=1S/C25H32F4O3/c1-14-2-3-19-13-18(9-8-17(19)12-14)15-4-6-16(7-5-15)24(30)31-20-10-11-21(32-25(28)29)23(27)22(20)26/h10-11,14-19,25H,2-9,12-13H2,1H3. The van der Waals surface area contributed by atoms with Gasteiger partial charge in [-0.2, -0.15) is 17.6 Å². The van der Waals surface area contributed by atoms with E-state index in [0.717, 1.165) is 48.6 Å². The summed E-state index contributed by atoms with van der Waals surface area (Å²) < 4.78 is 61.5. The van der Waals surface area contributed by atoms with Crippen molar-refractivity contribution in [3.05, 3.63) is 23.8 Å². The molecule has 32 heavy (non-hydrogen) atoms. The number of esters is 1. The van der Waals surface area contributed by atoms with Gasteiger partial charge < -0.3 is 9.47 Å². The minimum atomic E-state index is -3.27. The van der Waals surface area contributed by atoms with E-state index in [1.807, 2.05) is 0 Å². The zero-order chi connectivity index (χ0) is 22.8. The van der Waals surface area contributed by atoms with Crippen LogP contribution in [0.25, 0.3) is 0 Å². The van der Waals surface area contributed by atoms with E-state index < -0.39 is 35.7 Å². The van der Waals surface area contributed by atoms with E-state index >= 15 is 0 Å². The molecule has 0 aliphatic heterocycles. The van der Waals surface area contributed by atoms with Crippen molar-refractivity contribution in [2.75, 3.05) is 0 Å². The van der Waals surface area contributed by atoms with Crippen molar-refractivity contribution in [2.24, 2.45) is 35.5 Å². The summed E-state index contributed by atoms with van der Waals surface area (Å²) >= 11 is 0. The number of alkyl halides is 2. The molecule has 1 aromatic carbocycles. The lowest BCUT2D eigenvalue weighted by Gasteiger charge is -2.44. The molecular formula is C25H32F4O3. The van der Waals surface area contributed by atoms with Crippen LogP contribution in [0.5, 0.6) is 11.5 Å². The van der Waals surface area contributed by atoms with Gasteiger partial charge in [-0.3, -0.25) is 4.79 Å². The summed E-state index contributed by atoms with van der Waals surface area (Å²) in [5.74, 6) is -1.56. The van der Waals surface area contributed by atoms with Gasteiger partial charge in [0.2, 0.25) is 11.6 Å². The Morgan fingerprint density at radius 3 is 2.03 bits per heavy atom. The Hall–Kier alpha value is -1.79. The first kappa shape index (κ1) is 23.4. The largest absolute Gasteiger partial charge is 0.432 e. The molecule has 7 heteroatoms. The molecule has 0 saturated heterocycles. The normalized spacial score (nSPS) is 32.9. The van der Waals surface area contributed by atoms with Gasteiger partial charge in [-0.05, 0) is 99.5 Å². The highest BCUT2D eigenvalue weighted by atomic mass is 19.3. The van der Waals surface area contributed by atoms with Gasteiger partial charge >= 0.3 is 12.6 Å². The monoisotopic (exact) mass is 456 g/mol. The summed E-state index contributed by atoms with van der Waals surface area (Å²) in [7, 11) is 0. The molecule has 4 unspecified atom stereocenters. The molecule has 0 heterocycles. The minimum absolute atomic E-state index is 0.349. The van der Waals surface area contributed by atoms with E-state index in [1.54, 1.807) is 0 Å². The highest BCUT2D eigenvalue weighted by Gasteiger charge is 2.39. The van der Waals surface area contributed by atoms with Gasteiger partial charge in [-0.1, -0.05) is 13.3 Å². The lowest BCUT2D eigenvalue weighted by Crippen LogP contribution is -2.35. The molecule has 3 aliphatic carbocycles. The van der Waals surface area contributed by atoms with Crippen molar-refractivity contribution < 1.29 is 31.8 Å². The maximum absolute atomic E-state index is 14.1. The average Bonchev–Trinajstić information content (AvgIpc) is 2.78. The zero-order valence-corrected chi connectivity index (χ0v) is 18.5. The van der Waals surface area contributed by atoms with E-state index in [4.69, 9.17) is 4.74 Å². The fraction of sp³-hybridized carbons (Fsp3) is 0.720. The highest BCUT2D eigenvalue weighted by molar-refractivity contribution is 5.75. The Labute approximate surface area is 186 Å². The molecule has 0 N–H and O–H groups in total. The second-order valence-electron chi connectivity index (χ2n) is 10.1. The summed E-state index contributed by atoms with van der Waals surface area (Å²) in [6.45, 7) is -0.904. The van der Waals surface area contributed by atoms with Crippen LogP contribution in [0.1, 0.15) is 71.1 Å². The third-order valence-electron chi connectivity index (χ3n) is 8.13. The smallest absolute Gasteiger partial charge is 0.387 e. The van der Waals surface area contributed by atoms with E-state index in [2.05, 4.69) is 11.7 Å². The number of carbonyl (C=O) groups is 1. The summed E-state index contributed by atoms with van der Waals surface area (Å²) in [5.41, 5.74) is 0. The fourth-order valence-corrected chi connectivity index (χ4v) is 6.39. The maximum Gasteiger partial charge on any atom is 0.387 e. The Kier molecular flexibility index (Phi) is 7.30. The van der Waals surface area contributed by atoms with Crippen LogP contribution >= 0.6 is 0 Å². The fourth-order valence-electron chi connectivity index (χ4n) is 6.39. The third kappa shape index (κ3) is 5.23. The summed E-state index contributed by atoms with van der Waals surface area (Å²) in [6.07, 6.45) is 11.3. The van der Waals surface area contributed by atoms with Crippen LogP contribution in [0.3, 0.4) is 0 Å². The molecule has 0 spiro atoms. The molecule has 178 valence electrons. The van der Waals surface area contributed by atoms with Gasteiger partial charge in [0.15, 0.2) is 11.5 Å². The third-order valence-corrected chi connectivity index (χ3v) is 8.13.